The molecule has 0 aliphatic rings. The van der Waals surface area contributed by atoms with Crippen molar-refractivity contribution in [3.8, 4) is 28.6 Å². The largest absolute Gasteiger partial charge is 0.481 e. The van der Waals surface area contributed by atoms with E-state index in [9.17, 15) is 31.2 Å². The molecule has 1 aromatic heterocycles. The van der Waals surface area contributed by atoms with Gasteiger partial charge in [-0.3, -0.25) is 23.5 Å². The van der Waals surface area contributed by atoms with E-state index in [4.69, 9.17) is 23.4 Å². The van der Waals surface area contributed by atoms with Gasteiger partial charge < -0.3 is 22.6 Å². The first-order valence-electron chi connectivity index (χ1n) is 10.2. The SMILES string of the molecule is O=C(O)CCCCC(=O)Oc1c(-c2ccc(OS(=O)(=O)O)c(OS(=O)(=O)O)c2)oc2ccccc2c1=O. The van der Waals surface area contributed by atoms with E-state index in [0.717, 1.165) is 18.2 Å². The Bertz CT molecular complexity index is 1620. The summed E-state index contributed by atoms with van der Waals surface area (Å²) in [6, 6.07) is 8.54. The highest BCUT2D eigenvalue weighted by atomic mass is 32.3. The minimum atomic E-state index is -5.22. The third kappa shape index (κ3) is 7.74. The number of para-hydroxylation sites is 1. The van der Waals surface area contributed by atoms with Gasteiger partial charge in [0.2, 0.25) is 11.2 Å². The summed E-state index contributed by atoms with van der Waals surface area (Å²) in [5, 5.41) is 8.73. The average Bonchev–Trinajstić information content (AvgIpc) is 2.78. The summed E-state index contributed by atoms with van der Waals surface area (Å²) in [5.74, 6) is -4.74. The van der Waals surface area contributed by atoms with Crippen LogP contribution in [0.5, 0.6) is 17.2 Å². The molecule has 14 nitrogen and oxygen atoms in total. The Balaban J connectivity index is 2.11. The summed E-state index contributed by atoms with van der Waals surface area (Å²) >= 11 is 0. The second-order valence-electron chi connectivity index (χ2n) is 7.34. The van der Waals surface area contributed by atoms with Crippen LogP contribution in [0.2, 0.25) is 0 Å². The van der Waals surface area contributed by atoms with Crippen LogP contribution in [-0.4, -0.2) is 43.0 Å². The molecular weight excluding hydrogens is 540 g/mol. The van der Waals surface area contributed by atoms with E-state index in [1.807, 2.05) is 0 Å². The fraction of sp³-hybridized carbons (Fsp3) is 0.190. The molecule has 0 saturated carbocycles. The highest BCUT2D eigenvalue weighted by molar-refractivity contribution is 7.81. The monoisotopic (exact) mass is 558 g/mol. The van der Waals surface area contributed by atoms with Gasteiger partial charge in [0.1, 0.15) is 5.58 Å². The Labute approximate surface area is 208 Å². The van der Waals surface area contributed by atoms with Crippen molar-refractivity contribution in [2.75, 3.05) is 0 Å². The summed E-state index contributed by atoms with van der Waals surface area (Å²) in [7, 11) is -10.4. The number of ether oxygens (including phenoxy) is 1. The Morgan fingerprint density at radius 3 is 2.14 bits per heavy atom. The number of carboxylic acid groups (broad SMARTS) is 1. The Kier molecular flexibility index (Phi) is 8.17. The van der Waals surface area contributed by atoms with Gasteiger partial charge in [0.05, 0.1) is 5.39 Å². The first-order valence-corrected chi connectivity index (χ1v) is 12.9. The highest BCUT2D eigenvalue weighted by Crippen LogP contribution is 2.38. The molecule has 0 spiro atoms. The number of hydrogen-bond donors (Lipinski definition) is 3. The van der Waals surface area contributed by atoms with Gasteiger partial charge in [-0.2, -0.15) is 16.8 Å². The number of carboxylic acids is 1. The normalized spacial score (nSPS) is 11.7. The molecule has 0 fully saturated rings. The van der Waals surface area contributed by atoms with Crippen LogP contribution in [0, 0.1) is 0 Å². The number of unbranched alkanes of at least 4 members (excludes halogenated alkanes) is 1. The molecule has 0 saturated heterocycles. The van der Waals surface area contributed by atoms with E-state index in [1.54, 1.807) is 6.07 Å². The first kappa shape index (κ1) is 27.6. The van der Waals surface area contributed by atoms with Crippen LogP contribution in [0.4, 0.5) is 0 Å². The second-order valence-corrected chi connectivity index (χ2v) is 9.39. The van der Waals surface area contributed by atoms with E-state index in [0.29, 0.717) is 0 Å². The van der Waals surface area contributed by atoms with Crippen LogP contribution in [-0.2, 0) is 30.4 Å². The van der Waals surface area contributed by atoms with Crippen LogP contribution < -0.4 is 18.5 Å². The maximum atomic E-state index is 13.1. The summed E-state index contributed by atoms with van der Waals surface area (Å²) in [5.41, 5.74) is -0.927. The van der Waals surface area contributed by atoms with Crippen molar-refractivity contribution < 1.29 is 58.2 Å². The van der Waals surface area contributed by atoms with Crippen molar-refractivity contribution >= 4 is 43.7 Å². The molecular formula is C21H18O14S2. The van der Waals surface area contributed by atoms with Gasteiger partial charge in [-0.1, -0.05) is 12.1 Å². The van der Waals surface area contributed by atoms with E-state index in [2.05, 4.69) is 8.37 Å². The Hall–Kier alpha value is -3.99. The molecule has 0 bridgehead atoms. The lowest BCUT2D eigenvalue weighted by Crippen LogP contribution is -2.16. The summed E-state index contributed by atoms with van der Waals surface area (Å²) in [4.78, 5) is 36.2. The molecule has 198 valence electrons. The number of fused-ring (bicyclic) bond motifs is 1. The minimum absolute atomic E-state index is 0.0284. The van der Waals surface area contributed by atoms with E-state index < -0.39 is 61.2 Å². The lowest BCUT2D eigenvalue weighted by Gasteiger charge is -2.13. The molecule has 1 heterocycles. The molecule has 0 aliphatic heterocycles. The Morgan fingerprint density at radius 1 is 0.865 bits per heavy atom. The van der Waals surface area contributed by atoms with E-state index in [1.165, 1.54) is 18.2 Å². The topological polar surface area (TPSA) is 221 Å². The molecule has 3 rings (SSSR count). The van der Waals surface area contributed by atoms with Crippen molar-refractivity contribution in [3.63, 3.8) is 0 Å². The van der Waals surface area contributed by atoms with Gasteiger partial charge in [0, 0.05) is 18.4 Å². The average molecular weight is 558 g/mol. The van der Waals surface area contributed by atoms with Crippen molar-refractivity contribution in [1.82, 2.24) is 0 Å². The summed E-state index contributed by atoms with van der Waals surface area (Å²) in [6.07, 6.45) is -0.0923. The number of esters is 1. The molecule has 0 atom stereocenters. The van der Waals surface area contributed by atoms with Gasteiger partial charge in [-0.05, 0) is 43.2 Å². The van der Waals surface area contributed by atoms with Crippen LogP contribution >= 0.6 is 0 Å². The van der Waals surface area contributed by atoms with E-state index >= 15 is 0 Å². The predicted octanol–water partition coefficient (Wildman–Crippen LogP) is 2.37. The number of aliphatic carboxylic acids is 1. The molecule has 0 unspecified atom stereocenters. The third-order valence-corrected chi connectivity index (χ3v) is 5.37. The highest BCUT2D eigenvalue weighted by Gasteiger charge is 2.24. The van der Waals surface area contributed by atoms with Gasteiger partial charge >= 0.3 is 32.7 Å². The van der Waals surface area contributed by atoms with Gasteiger partial charge in [-0.25, -0.2) is 0 Å². The molecule has 0 aliphatic carbocycles. The minimum Gasteiger partial charge on any atom is -0.481 e. The lowest BCUT2D eigenvalue weighted by molar-refractivity contribution is -0.138. The maximum absolute atomic E-state index is 13.1. The van der Waals surface area contributed by atoms with Gasteiger partial charge in [0.25, 0.3) is 0 Å². The van der Waals surface area contributed by atoms with Crippen molar-refractivity contribution in [2.24, 2.45) is 0 Å². The fourth-order valence-electron chi connectivity index (χ4n) is 3.13. The van der Waals surface area contributed by atoms with Crippen LogP contribution in [0.15, 0.2) is 51.7 Å². The summed E-state index contributed by atoms with van der Waals surface area (Å²) < 4.78 is 82.2. The molecule has 3 aromatic rings. The number of carbonyl (C=O) groups is 2. The Morgan fingerprint density at radius 2 is 1.49 bits per heavy atom. The zero-order chi connectivity index (χ0) is 27.4. The lowest BCUT2D eigenvalue weighted by atomic mass is 10.1. The predicted molar refractivity (Wildman–Crippen MR) is 124 cm³/mol. The zero-order valence-electron chi connectivity index (χ0n) is 18.5. The van der Waals surface area contributed by atoms with Crippen LogP contribution in [0.3, 0.4) is 0 Å². The molecule has 0 amide bonds. The van der Waals surface area contributed by atoms with Gasteiger partial charge in [0.15, 0.2) is 17.3 Å². The standard InChI is InChI=1S/C21H18O14S2/c22-17(23)7-3-4-8-18(24)33-21-19(25)13-5-1-2-6-14(13)32-20(21)12-9-10-15(34-36(26,27)28)16(11-12)35-37(29,30)31/h1-2,5-6,9-11H,3-4,7-8H2,(H,22,23)(H,26,27,28)(H,29,30,31). The summed E-state index contributed by atoms with van der Waals surface area (Å²) in [6.45, 7) is 0. The number of carbonyl (C=O) groups excluding carboxylic acids is 1. The second kappa shape index (κ2) is 11.0. The number of benzene rings is 2. The molecule has 16 heteroatoms. The fourth-order valence-corrected chi connectivity index (χ4v) is 3.85. The van der Waals surface area contributed by atoms with Crippen LogP contribution in [0.1, 0.15) is 25.7 Å². The first-order chi connectivity index (χ1) is 17.2. The van der Waals surface area contributed by atoms with Crippen molar-refractivity contribution in [2.45, 2.75) is 25.7 Å². The van der Waals surface area contributed by atoms with Gasteiger partial charge in [-0.15, -0.1) is 0 Å². The molecule has 2 aromatic carbocycles. The maximum Gasteiger partial charge on any atom is 0.446 e. The van der Waals surface area contributed by atoms with Crippen molar-refractivity contribution in [3.05, 3.63) is 52.7 Å². The molecule has 0 radical (unpaired) electrons. The quantitative estimate of drug-likeness (QED) is 0.175. The molecule has 37 heavy (non-hydrogen) atoms. The number of rotatable bonds is 11. The number of hydrogen-bond acceptors (Lipinski definition) is 11. The molecule has 3 N–H and O–H groups in total. The van der Waals surface area contributed by atoms with Crippen molar-refractivity contribution in [1.29, 1.82) is 0 Å². The zero-order valence-corrected chi connectivity index (χ0v) is 20.2. The van der Waals surface area contributed by atoms with Crippen LogP contribution in [0.25, 0.3) is 22.3 Å². The third-order valence-electron chi connectivity index (χ3n) is 4.59. The van der Waals surface area contributed by atoms with E-state index in [-0.39, 0.29) is 42.2 Å². The smallest absolute Gasteiger partial charge is 0.446 e.